The second-order valence-electron chi connectivity index (χ2n) is 4.57. The first-order valence-electron chi connectivity index (χ1n) is 6.46. The van der Waals surface area contributed by atoms with Crippen LogP contribution in [0.3, 0.4) is 0 Å². The standard InChI is InChI=1S/C12H18BrN3OS/c1-2-4-10-11(18-15-14-10)12(17)16(8-7-13)9-5-3-6-9/h9H,2-8H2,1H3. The lowest BCUT2D eigenvalue weighted by Crippen LogP contribution is -2.45. The van der Waals surface area contributed by atoms with Crippen LogP contribution in [-0.4, -0.2) is 38.3 Å². The summed E-state index contributed by atoms with van der Waals surface area (Å²) >= 11 is 4.67. The third kappa shape index (κ3) is 2.91. The van der Waals surface area contributed by atoms with Crippen molar-refractivity contribution in [2.75, 3.05) is 11.9 Å². The van der Waals surface area contributed by atoms with E-state index in [-0.39, 0.29) is 5.91 Å². The molecule has 0 radical (unpaired) electrons. The Morgan fingerprint density at radius 1 is 1.56 bits per heavy atom. The van der Waals surface area contributed by atoms with E-state index >= 15 is 0 Å². The summed E-state index contributed by atoms with van der Waals surface area (Å²) in [6, 6.07) is 0.423. The molecule has 0 aliphatic heterocycles. The first kappa shape index (κ1) is 13.9. The average molecular weight is 332 g/mol. The van der Waals surface area contributed by atoms with Gasteiger partial charge in [0.2, 0.25) is 0 Å². The quantitative estimate of drug-likeness (QED) is 0.753. The molecule has 1 amide bonds. The first-order valence-corrected chi connectivity index (χ1v) is 8.35. The van der Waals surface area contributed by atoms with Crippen LogP contribution in [0, 0.1) is 0 Å². The van der Waals surface area contributed by atoms with Crippen LogP contribution in [0.15, 0.2) is 0 Å². The van der Waals surface area contributed by atoms with Gasteiger partial charge in [0.25, 0.3) is 5.91 Å². The maximum Gasteiger partial charge on any atom is 0.267 e. The highest BCUT2D eigenvalue weighted by Crippen LogP contribution is 2.27. The number of hydrogen-bond donors (Lipinski definition) is 0. The number of hydrogen-bond acceptors (Lipinski definition) is 4. The van der Waals surface area contributed by atoms with Gasteiger partial charge in [0, 0.05) is 17.9 Å². The molecule has 0 N–H and O–H groups in total. The molecular formula is C12H18BrN3OS. The van der Waals surface area contributed by atoms with Gasteiger partial charge >= 0.3 is 0 Å². The minimum atomic E-state index is 0.123. The van der Waals surface area contributed by atoms with Gasteiger partial charge in [-0.3, -0.25) is 4.79 Å². The van der Waals surface area contributed by atoms with E-state index in [9.17, 15) is 4.79 Å². The Bertz CT molecular complexity index is 406. The molecule has 0 spiro atoms. The zero-order valence-corrected chi connectivity index (χ0v) is 13.0. The van der Waals surface area contributed by atoms with Crippen LogP contribution < -0.4 is 0 Å². The van der Waals surface area contributed by atoms with Gasteiger partial charge in [-0.05, 0) is 37.2 Å². The first-order chi connectivity index (χ1) is 8.77. The average Bonchev–Trinajstić information content (AvgIpc) is 2.74. The van der Waals surface area contributed by atoms with Gasteiger partial charge in [-0.2, -0.15) is 0 Å². The van der Waals surface area contributed by atoms with Crippen molar-refractivity contribution in [1.29, 1.82) is 0 Å². The zero-order valence-electron chi connectivity index (χ0n) is 10.6. The number of carbonyl (C=O) groups excluding carboxylic acids is 1. The molecule has 1 aromatic heterocycles. The van der Waals surface area contributed by atoms with E-state index in [1.807, 2.05) is 4.90 Å². The number of aromatic nitrogens is 2. The van der Waals surface area contributed by atoms with Gasteiger partial charge < -0.3 is 4.90 Å². The molecule has 0 atom stereocenters. The molecule has 0 bridgehead atoms. The molecule has 2 rings (SSSR count). The maximum atomic E-state index is 12.6. The summed E-state index contributed by atoms with van der Waals surface area (Å²) in [5, 5.41) is 4.91. The number of alkyl halides is 1. The third-order valence-corrected chi connectivity index (χ3v) is 4.45. The number of amides is 1. The van der Waals surface area contributed by atoms with E-state index in [4.69, 9.17) is 0 Å². The summed E-state index contributed by atoms with van der Waals surface area (Å²) in [5.74, 6) is 0.123. The van der Waals surface area contributed by atoms with Gasteiger partial charge in [-0.15, -0.1) is 5.10 Å². The van der Waals surface area contributed by atoms with E-state index in [2.05, 4.69) is 32.4 Å². The predicted molar refractivity (Wildman–Crippen MR) is 76.4 cm³/mol. The van der Waals surface area contributed by atoms with Crippen molar-refractivity contribution in [2.24, 2.45) is 0 Å². The second kappa shape index (κ2) is 6.61. The molecule has 1 aliphatic rings. The van der Waals surface area contributed by atoms with Crippen LogP contribution in [0.4, 0.5) is 0 Å². The van der Waals surface area contributed by atoms with Crippen LogP contribution in [0.5, 0.6) is 0 Å². The second-order valence-corrected chi connectivity index (χ2v) is 6.12. The number of aryl methyl sites for hydroxylation is 1. The van der Waals surface area contributed by atoms with Crippen molar-refractivity contribution in [3.63, 3.8) is 0 Å². The minimum Gasteiger partial charge on any atom is -0.334 e. The van der Waals surface area contributed by atoms with Crippen LogP contribution in [-0.2, 0) is 6.42 Å². The molecule has 100 valence electrons. The van der Waals surface area contributed by atoms with Gasteiger partial charge in [0.1, 0.15) is 4.88 Å². The van der Waals surface area contributed by atoms with Crippen molar-refractivity contribution in [3.05, 3.63) is 10.6 Å². The molecule has 0 saturated heterocycles. The van der Waals surface area contributed by atoms with Crippen molar-refractivity contribution >= 4 is 33.4 Å². The molecule has 1 fully saturated rings. The van der Waals surface area contributed by atoms with Crippen molar-refractivity contribution in [3.8, 4) is 0 Å². The van der Waals surface area contributed by atoms with Gasteiger partial charge in [0.05, 0.1) is 5.69 Å². The Hall–Kier alpha value is -0.490. The molecule has 1 heterocycles. The number of rotatable bonds is 6. The van der Waals surface area contributed by atoms with Crippen molar-refractivity contribution < 1.29 is 4.79 Å². The molecule has 1 saturated carbocycles. The third-order valence-electron chi connectivity index (χ3n) is 3.34. The predicted octanol–water partition coefficient (Wildman–Crippen LogP) is 2.88. The molecule has 6 heteroatoms. The summed E-state index contributed by atoms with van der Waals surface area (Å²) < 4.78 is 3.94. The van der Waals surface area contributed by atoms with Crippen molar-refractivity contribution in [2.45, 2.75) is 45.1 Å². The number of carbonyl (C=O) groups is 1. The lowest BCUT2D eigenvalue weighted by molar-refractivity contribution is 0.0603. The summed E-state index contributed by atoms with van der Waals surface area (Å²) in [6.45, 7) is 2.86. The fourth-order valence-corrected chi connectivity index (χ4v) is 3.19. The zero-order chi connectivity index (χ0) is 13.0. The highest BCUT2D eigenvalue weighted by molar-refractivity contribution is 9.09. The summed E-state index contributed by atoms with van der Waals surface area (Å²) in [4.78, 5) is 15.3. The van der Waals surface area contributed by atoms with E-state index < -0.39 is 0 Å². The Labute approximate surface area is 120 Å². The Kier molecular flexibility index (Phi) is 5.12. The maximum absolute atomic E-state index is 12.6. The minimum absolute atomic E-state index is 0.123. The molecule has 0 aromatic carbocycles. The lowest BCUT2D eigenvalue weighted by Gasteiger charge is -2.37. The fraction of sp³-hybridized carbons (Fsp3) is 0.750. The molecule has 0 unspecified atom stereocenters. The highest BCUT2D eigenvalue weighted by Gasteiger charge is 2.31. The summed E-state index contributed by atoms with van der Waals surface area (Å²) in [6.07, 6.45) is 5.33. The SMILES string of the molecule is CCCc1nnsc1C(=O)N(CCBr)C1CCC1. The van der Waals surface area contributed by atoms with Crippen LogP contribution in [0.2, 0.25) is 0 Å². The fourth-order valence-electron chi connectivity index (χ4n) is 2.14. The molecule has 18 heavy (non-hydrogen) atoms. The normalized spacial score (nSPS) is 15.4. The topological polar surface area (TPSA) is 46.1 Å². The number of halogens is 1. The Morgan fingerprint density at radius 2 is 2.33 bits per heavy atom. The Balaban J connectivity index is 2.13. The van der Waals surface area contributed by atoms with Crippen LogP contribution in [0.25, 0.3) is 0 Å². The molecular weight excluding hydrogens is 314 g/mol. The highest BCUT2D eigenvalue weighted by atomic mass is 79.9. The molecule has 1 aliphatic carbocycles. The van der Waals surface area contributed by atoms with E-state index in [1.54, 1.807) is 0 Å². The largest absolute Gasteiger partial charge is 0.334 e. The molecule has 1 aromatic rings. The van der Waals surface area contributed by atoms with Crippen molar-refractivity contribution in [1.82, 2.24) is 14.5 Å². The number of nitrogens with zero attached hydrogens (tertiary/aromatic N) is 3. The Morgan fingerprint density at radius 3 is 2.89 bits per heavy atom. The van der Waals surface area contributed by atoms with Gasteiger partial charge in [-0.1, -0.05) is 33.8 Å². The smallest absolute Gasteiger partial charge is 0.267 e. The van der Waals surface area contributed by atoms with Gasteiger partial charge in [-0.25, -0.2) is 0 Å². The summed E-state index contributed by atoms with van der Waals surface area (Å²) in [7, 11) is 0. The van der Waals surface area contributed by atoms with E-state index in [1.165, 1.54) is 18.0 Å². The van der Waals surface area contributed by atoms with Gasteiger partial charge in [0.15, 0.2) is 0 Å². The van der Waals surface area contributed by atoms with E-state index in [0.717, 1.165) is 48.1 Å². The van der Waals surface area contributed by atoms with Crippen LogP contribution in [0.1, 0.15) is 48.0 Å². The monoisotopic (exact) mass is 331 g/mol. The van der Waals surface area contributed by atoms with Crippen LogP contribution >= 0.6 is 27.5 Å². The summed E-state index contributed by atoms with van der Waals surface area (Å²) in [5.41, 5.74) is 0.867. The lowest BCUT2D eigenvalue weighted by atomic mass is 9.91. The van der Waals surface area contributed by atoms with E-state index in [0.29, 0.717) is 6.04 Å². The molecule has 4 nitrogen and oxygen atoms in total.